The van der Waals surface area contributed by atoms with E-state index in [2.05, 4.69) is 4.98 Å². The van der Waals surface area contributed by atoms with E-state index in [0.29, 0.717) is 23.7 Å². The zero-order chi connectivity index (χ0) is 18.3. The molecule has 0 saturated carbocycles. The first kappa shape index (κ1) is 20.4. The maximum atomic E-state index is 12.4. The maximum Gasteiger partial charge on any atom is 0.228 e. The fourth-order valence-corrected chi connectivity index (χ4v) is 2.57. The van der Waals surface area contributed by atoms with Crippen molar-refractivity contribution in [2.75, 3.05) is 13.0 Å². The minimum Gasteiger partial charge on any atom is -0.496 e. The van der Waals surface area contributed by atoms with Gasteiger partial charge >= 0.3 is 0 Å². The Morgan fingerprint density at radius 3 is 2.58 bits per heavy atom. The van der Waals surface area contributed by atoms with E-state index in [1.165, 1.54) is 4.90 Å². The van der Waals surface area contributed by atoms with Crippen LogP contribution in [-0.2, 0) is 11.3 Å². The molecule has 0 atom stereocenters. The molecule has 1 rings (SSSR count). The average Bonchev–Trinajstić information content (AvgIpc) is 2.51. The summed E-state index contributed by atoms with van der Waals surface area (Å²) in [6.07, 6.45) is 2.32. The van der Waals surface area contributed by atoms with E-state index >= 15 is 0 Å². The number of carbonyl (C=O) groups is 1. The SMILES string of the molecule is COc1c(C)cnc(CN(C(=N)CC(=N)Cl)C(=O)CCCCl)c1C. The molecule has 0 radical (unpaired) electrons. The lowest BCUT2D eigenvalue weighted by molar-refractivity contribution is -0.127. The summed E-state index contributed by atoms with van der Waals surface area (Å²) in [6, 6.07) is 0. The standard InChI is InChI=1S/C16H22Cl2N4O2/c1-10-8-21-12(11(2)16(10)24-3)9-22(14(20)7-13(18)19)15(23)5-4-6-17/h8,19-20H,4-7,9H2,1-3H3. The summed E-state index contributed by atoms with van der Waals surface area (Å²) in [5.74, 6) is 0.813. The van der Waals surface area contributed by atoms with Crippen molar-refractivity contribution in [2.24, 2.45) is 0 Å². The van der Waals surface area contributed by atoms with Crippen LogP contribution in [0, 0.1) is 24.7 Å². The smallest absolute Gasteiger partial charge is 0.228 e. The first-order valence-corrected chi connectivity index (χ1v) is 8.38. The Kier molecular flexibility index (Phi) is 8.15. The number of amidine groups is 1. The molecule has 0 aliphatic rings. The fourth-order valence-electron chi connectivity index (χ4n) is 2.31. The quantitative estimate of drug-likeness (QED) is 0.414. The highest BCUT2D eigenvalue weighted by Crippen LogP contribution is 2.25. The molecule has 24 heavy (non-hydrogen) atoms. The third-order valence-electron chi connectivity index (χ3n) is 3.53. The van der Waals surface area contributed by atoms with Gasteiger partial charge in [-0.3, -0.25) is 25.5 Å². The molecule has 0 unspecified atom stereocenters. The minimum atomic E-state index is -0.237. The third kappa shape index (κ3) is 5.46. The predicted molar refractivity (Wildman–Crippen MR) is 96.7 cm³/mol. The summed E-state index contributed by atoms with van der Waals surface area (Å²) in [7, 11) is 1.58. The van der Waals surface area contributed by atoms with Crippen LogP contribution in [0.25, 0.3) is 0 Å². The van der Waals surface area contributed by atoms with Crippen LogP contribution in [-0.4, -0.2) is 39.8 Å². The van der Waals surface area contributed by atoms with Gasteiger partial charge in [-0.2, -0.15) is 0 Å². The molecule has 132 valence electrons. The first-order valence-electron chi connectivity index (χ1n) is 7.47. The van der Waals surface area contributed by atoms with E-state index < -0.39 is 0 Å². The average molecular weight is 373 g/mol. The molecular formula is C16H22Cl2N4O2. The number of hydrogen-bond acceptors (Lipinski definition) is 5. The van der Waals surface area contributed by atoms with E-state index in [-0.39, 0.29) is 36.3 Å². The van der Waals surface area contributed by atoms with Crippen molar-refractivity contribution in [3.63, 3.8) is 0 Å². The second-order valence-corrected chi connectivity index (χ2v) is 6.18. The van der Waals surface area contributed by atoms with Crippen molar-refractivity contribution in [1.82, 2.24) is 9.88 Å². The van der Waals surface area contributed by atoms with Gasteiger partial charge in [0.15, 0.2) is 0 Å². The van der Waals surface area contributed by atoms with Gasteiger partial charge in [0.2, 0.25) is 5.91 Å². The molecule has 0 saturated heterocycles. The number of alkyl halides is 1. The van der Waals surface area contributed by atoms with Crippen molar-refractivity contribution < 1.29 is 9.53 Å². The van der Waals surface area contributed by atoms with Crippen molar-refractivity contribution >= 4 is 40.1 Å². The lowest BCUT2D eigenvalue weighted by Crippen LogP contribution is -2.37. The number of rotatable bonds is 8. The Labute approximate surface area is 152 Å². The molecule has 6 nitrogen and oxygen atoms in total. The highest BCUT2D eigenvalue weighted by molar-refractivity contribution is 6.66. The monoisotopic (exact) mass is 372 g/mol. The van der Waals surface area contributed by atoms with E-state index in [4.69, 9.17) is 38.8 Å². The zero-order valence-electron chi connectivity index (χ0n) is 14.1. The van der Waals surface area contributed by atoms with Gasteiger partial charge in [-0.25, -0.2) is 0 Å². The van der Waals surface area contributed by atoms with Crippen molar-refractivity contribution in [3.8, 4) is 5.75 Å². The lowest BCUT2D eigenvalue weighted by atomic mass is 10.1. The number of aromatic nitrogens is 1. The van der Waals surface area contributed by atoms with Crippen LogP contribution in [0.4, 0.5) is 0 Å². The minimum absolute atomic E-state index is 0.0321. The third-order valence-corrected chi connectivity index (χ3v) is 3.93. The summed E-state index contributed by atoms with van der Waals surface area (Å²) < 4.78 is 5.38. The Balaban J connectivity index is 3.10. The van der Waals surface area contributed by atoms with E-state index in [1.807, 2.05) is 13.8 Å². The number of pyridine rings is 1. The van der Waals surface area contributed by atoms with Crippen LogP contribution < -0.4 is 4.74 Å². The lowest BCUT2D eigenvalue weighted by Gasteiger charge is -2.24. The number of amides is 1. The second kappa shape index (κ2) is 9.59. The van der Waals surface area contributed by atoms with Gasteiger partial charge in [0.05, 0.1) is 25.8 Å². The number of halogens is 2. The van der Waals surface area contributed by atoms with Gasteiger partial charge in [-0.15, -0.1) is 11.6 Å². The summed E-state index contributed by atoms with van der Waals surface area (Å²) in [6.45, 7) is 3.89. The largest absolute Gasteiger partial charge is 0.496 e. The molecule has 0 bridgehead atoms. The van der Waals surface area contributed by atoms with E-state index in [0.717, 1.165) is 11.1 Å². The molecular weight excluding hydrogens is 351 g/mol. The molecule has 0 aliphatic carbocycles. The van der Waals surface area contributed by atoms with Crippen LogP contribution in [0.5, 0.6) is 5.75 Å². The molecule has 0 aromatic carbocycles. The number of nitrogens with zero attached hydrogens (tertiary/aromatic N) is 2. The number of carbonyl (C=O) groups excluding carboxylic acids is 1. The number of aryl methyl sites for hydroxylation is 1. The molecule has 0 fully saturated rings. The Bertz CT molecular complexity index is 635. The summed E-state index contributed by atoms with van der Waals surface area (Å²) >= 11 is 11.2. The van der Waals surface area contributed by atoms with Crippen LogP contribution in [0.1, 0.15) is 36.1 Å². The molecule has 1 heterocycles. The predicted octanol–water partition coefficient (Wildman–Crippen LogP) is 3.64. The summed E-state index contributed by atoms with van der Waals surface area (Å²) in [4.78, 5) is 18.1. The van der Waals surface area contributed by atoms with Crippen LogP contribution in [0.15, 0.2) is 6.20 Å². The molecule has 8 heteroatoms. The molecule has 0 spiro atoms. The molecule has 2 N–H and O–H groups in total. The van der Waals surface area contributed by atoms with Gasteiger partial charge in [0.1, 0.15) is 16.8 Å². The Hall–Kier alpha value is -1.66. The fraction of sp³-hybridized carbons (Fsp3) is 0.500. The van der Waals surface area contributed by atoms with Crippen LogP contribution in [0.3, 0.4) is 0 Å². The second-order valence-electron chi connectivity index (χ2n) is 5.35. The highest BCUT2D eigenvalue weighted by Gasteiger charge is 2.21. The first-order chi connectivity index (χ1) is 11.3. The van der Waals surface area contributed by atoms with Gasteiger partial charge in [-0.1, -0.05) is 11.6 Å². The van der Waals surface area contributed by atoms with Crippen molar-refractivity contribution in [1.29, 1.82) is 10.8 Å². The highest BCUT2D eigenvalue weighted by atomic mass is 35.5. The normalized spacial score (nSPS) is 10.4. The topological polar surface area (TPSA) is 90.1 Å². The van der Waals surface area contributed by atoms with Crippen molar-refractivity contribution in [2.45, 2.75) is 39.7 Å². The summed E-state index contributed by atoms with van der Waals surface area (Å²) in [5.41, 5.74) is 2.36. The maximum absolute atomic E-state index is 12.4. The number of hydrogen-bond donors (Lipinski definition) is 2. The van der Waals surface area contributed by atoms with E-state index in [9.17, 15) is 4.79 Å². The number of methoxy groups -OCH3 is 1. The molecule has 0 aliphatic heterocycles. The van der Waals surface area contributed by atoms with Gasteiger partial charge in [0.25, 0.3) is 0 Å². The molecule has 1 amide bonds. The van der Waals surface area contributed by atoms with E-state index in [1.54, 1.807) is 13.3 Å². The van der Waals surface area contributed by atoms with Crippen LogP contribution in [0.2, 0.25) is 0 Å². The Morgan fingerprint density at radius 2 is 2.04 bits per heavy atom. The number of ether oxygens (including phenoxy) is 1. The van der Waals surface area contributed by atoms with Gasteiger partial charge < -0.3 is 4.74 Å². The molecule has 1 aromatic heterocycles. The van der Waals surface area contributed by atoms with Crippen molar-refractivity contribution in [3.05, 3.63) is 23.0 Å². The molecule has 1 aromatic rings. The van der Waals surface area contributed by atoms with Gasteiger partial charge in [-0.05, 0) is 20.3 Å². The Morgan fingerprint density at radius 1 is 1.38 bits per heavy atom. The van der Waals surface area contributed by atoms with Gasteiger partial charge in [0, 0.05) is 29.6 Å². The summed E-state index contributed by atoms with van der Waals surface area (Å²) in [5, 5.41) is 15.2. The number of nitrogens with one attached hydrogen (secondary N) is 2. The zero-order valence-corrected chi connectivity index (χ0v) is 15.6. The van der Waals surface area contributed by atoms with Crippen LogP contribution >= 0.6 is 23.2 Å².